The van der Waals surface area contributed by atoms with Crippen molar-refractivity contribution in [2.45, 2.75) is 39.8 Å². The molecule has 186 valence electrons. The molecule has 2 aromatic rings. The van der Waals surface area contributed by atoms with Crippen LogP contribution in [0.3, 0.4) is 0 Å². The van der Waals surface area contributed by atoms with Crippen molar-refractivity contribution in [2.75, 3.05) is 31.5 Å². The van der Waals surface area contributed by atoms with Gasteiger partial charge in [-0.1, -0.05) is 48.9 Å². The largest absolute Gasteiger partial charge is 0.355 e. The first-order valence-electron chi connectivity index (χ1n) is 11.1. The van der Waals surface area contributed by atoms with E-state index in [9.17, 15) is 22.4 Å². The number of hydrogen-bond donors (Lipinski definition) is 1. The summed E-state index contributed by atoms with van der Waals surface area (Å²) in [5, 5.41) is 2.74. The molecule has 10 heteroatoms. The zero-order valence-corrected chi connectivity index (χ0v) is 21.1. The number of nitrogens with one attached hydrogen (secondary N) is 1. The molecule has 0 aliphatic rings. The number of para-hydroxylation sites is 1. The molecule has 0 saturated heterocycles. The Morgan fingerprint density at radius 2 is 1.74 bits per heavy atom. The van der Waals surface area contributed by atoms with Gasteiger partial charge in [-0.05, 0) is 38.0 Å². The van der Waals surface area contributed by atoms with E-state index in [1.165, 1.54) is 37.2 Å². The fraction of sp³-hybridized carbons (Fsp3) is 0.417. The number of rotatable bonds is 11. The Kier molecular flexibility index (Phi) is 9.57. The molecule has 0 aliphatic heterocycles. The Balaban J connectivity index is 2.51. The zero-order chi connectivity index (χ0) is 25.5. The van der Waals surface area contributed by atoms with Crippen molar-refractivity contribution in [2.24, 2.45) is 0 Å². The van der Waals surface area contributed by atoms with Gasteiger partial charge in [-0.25, -0.2) is 8.70 Å². The van der Waals surface area contributed by atoms with E-state index in [-0.39, 0.29) is 18.1 Å². The number of aryl methyl sites for hydroxylation is 1. The fourth-order valence-corrected chi connectivity index (χ4v) is 4.64. The highest BCUT2D eigenvalue weighted by Gasteiger charge is 2.34. The minimum Gasteiger partial charge on any atom is -0.355 e. The number of amides is 2. The summed E-state index contributed by atoms with van der Waals surface area (Å²) in [6.07, 6.45) is 0.323. The molecule has 0 heterocycles. The predicted molar refractivity (Wildman–Crippen MR) is 131 cm³/mol. The highest BCUT2D eigenvalue weighted by Crippen LogP contribution is 2.24. The lowest BCUT2D eigenvalue weighted by molar-refractivity contribution is -0.140. The van der Waals surface area contributed by atoms with Gasteiger partial charge in [0.05, 0.1) is 5.69 Å². The zero-order valence-electron chi connectivity index (χ0n) is 20.3. The molecular weight excluding hydrogens is 459 g/mol. The normalized spacial score (nSPS) is 12.3. The lowest BCUT2D eigenvalue weighted by atomic mass is 10.1. The maximum absolute atomic E-state index is 14.6. The van der Waals surface area contributed by atoms with E-state index >= 15 is 0 Å². The summed E-state index contributed by atoms with van der Waals surface area (Å²) < 4.78 is 42.4. The van der Waals surface area contributed by atoms with Gasteiger partial charge in [0.15, 0.2) is 0 Å². The SMILES string of the molecule is CCNC(=O)[C@H](CC)N(Cc1cccc(C)c1)C(=O)CN(c1ccccc1F)S(=O)(=O)N(C)C. The monoisotopic (exact) mass is 492 g/mol. The Hall–Kier alpha value is -2.98. The molecule has 0 spiro atoms. The van der Waals surface area contributed by atoms with Gasteiger partial charge in [-0.3, -0.25) is 9.59 Å². The number of benzene rings is 2. The summed E-state index contributed by atoms with van der Waals surface area (Å²) in [4.78, 5) is 27.8. The van der Waals surface area contributed by atoms with E-state index in [1.54, 1.807) is 13.8 Å². The average Bonchev–Trinajstić information content (AvgIpc) is 2.77. The van der Waals surface area contributed by atoms with Crippen molar-refractivity contribution >= 4 is 27.7 Å². The van der Waals surface area contributed by atoms with Crippen LogP contribution in [-0.4, -0.2) is 62.7 Å². The van der Waals surface area contributed by atoms with Gasteiger partial charge < -0.3 is 10.2 Å². The third kappa shape index (κ3) is 6.54. The number of nitrogens with zero attached hydrogens (tertiary/aromatic N) is 3. The van der Waals surface area contributed by atoms with Crippen molar-refractivity contribution < 1.29 is 22.4 Å². The van der Waals surface area contributed by atoms with Gasteiger partial charge >= 0.3 is 10.2 Å². The lowest BCUT2D eigenvalue weighted by Crippen LogP contribution is -2.53. The number of anilines is 1. The first-order valence-corrected chi connectivity index (χ1v) is 12.5. The highest BCUT2D eigenvalue weighted by atomic mass is 32.2. The summed E-state index contributed by atoms with van der Waals surface area (Å²) in [5.41, 5.74) is 1.54. The molecule has 2 rings (SSSR count). The molecule has 2 aromatic carbocycles. The minimum atomic E-state index is -4.21. The van der Waals surface area contributed by atoms with E-state index in [4.69, 9.17) is 0 Å². The first-order chi connectivity index (χ1) is 16.0. The van der Waals surface area contributed by atoms with E-state index in [1.807, 2.05) is 31.2 Å². The highest BCUT2D eigenvalue weighted by molar-refractivity contribution is 7.90. The van der Waals surface area contributed by atoms with Gasteiger partial charge in [0.2, 0.25) is 11.8 Å². The summed E-state index contributed by atoms with van der Waals surface area (Å²) in [5.74, 6) is -1.73. The molecule has 34 heavy (non-hydrogen) atoms. The van der Waals surface area contributed by atoms with Crippen LogP contribution < -0.4 is 9.62 Å². The number of carbonyl (C=O) groups is 2. The second-order valence-corrected chi connectivity index (χ2v) is 10.1. The van der Waals surface area contributed by atoms with Gasteiger partial charge in [0.1, 0.15) is 18.4 Å². The first kappa shape index (κ1) is 27.3. The lowest BCUT2D eigenvalue weighted by Gasteiger charge is -2.34. The van der Waals surface area contributed by atoms with E-state index < -0.39 is 34.5 Å². The van der Waals surface area contributed by atoms with Crippen molar-refractivity contribution in [3.63, 3.8) is 0 Å². The second-order valence-electron chi connectivity index (χ2n) is 8.08. The number of likely N-dealkylation sites (N-methyl/N-ethyl adjacent to an activating group) is 1. The van der Waals surface area contributed by atoms with Crippen LogP contribution in [0.1, 0.15) is 31.4 Å². The molecule has 1 atom stereocenters. The Morgan fingerprint density at radius 1 is 1.06 bits per heavy atom. The van der Waals surface area contributed by atoms with Crippen LogP contribution in [0.25, 0.3) is 0 Å². The third-order valence-electron chi connectivity index (χ3n) is 5.31. The fourth-order valence-electron chi connectivity index (χ4n) is 3.57. The van der Waals surface area contributed by atoms with E-state index in [0.29, 0.717) is 13.0 Å². The Morgan fingerprint density at radius 3 is 2.29 bits per heavy atom. The van der Waals surface area contributed by atoms with Gasteiger partial charge in [-0.2, -0.15) is 12.7 Å². The Bertz CT molecular complexity index is 1110. The van der Waals surface area contributed by atoms with Crippen LogP contribution in [0, 0.1) is 12.7 Å². The predicted octanol–water partition coefficient (Wildman–Crippen LogP) is 2.69. The Labute approximate surface area is 201 Å². The van der Waals surface area contributed by atoms with Gasteiger partial charge in [0, 0.05) is 27.2 Å². The van der Waals surface area contributed by atoms with Gasteiger partial charge in [0.25, 0.3) is 0 Å². The maximum atomic E-state index is 14.6. The molecule has 0 unspecified atom stereocenters. The molecule has 8 nitrogen and oxygen atoms in total. The molecule has 0 fully saturated rings. The molecule has 2 amide bonds. The second kappa shape index (κ2) is 11.9. The molecule has 0 bridgehead atoms. The smallest absolute Gasteiger partial charge is 0.304 e. The molecule has 0 aromatic heterocycles. The van der Waals surface area contributed by atoms with Crippen LogP contribution in [0.15, 0.2) is 48.5 Å². The van der Waals surface area contributed by atoms with Crippen LogP contribution in [0.2, 0.25) is 0 Å². The van der Waals surface area contributed by atoms with Crippen LogP contribution in [-0.2, 0) is 26.3 Å². The molecule has 1 N–H and O–H groups in total. The number of hydrogen-bond acceptors (Lipinski definition) is 4. The molecular formula is C24H33FN4O4S. The van der Waals surface area contributed by atoms with Crippen molar-refractivity contribution in [1.29, 1.82) is 0 Å². The molecule has 0 radical (unpaired) electrons. The van der Waals surface area contributed by atoms with Crippen molar-refractivity contribution in [3.8, 4) is 0 Å². The van der Waals surface area contributed by atoms with Crippen LogP contribution >= 0.6 is 0 Å². The maximum Gasteiger partial charge on any atom is 0.304 e. The topological polar surface area (TPSA) is 90.0 Å². The van der Waals surface area contributed by atoms with Crippen LogP contribution in [0.5, 0.6) is 0 Å². The third-order valence-corrected chi connectivity index (χ3v) is 7.12. The summed E-state index contributed by atoms with van der Waals surface area (Å²) in [6.45, 7) is 5.30. The van der Waals surface area contributed by atoms with E-state index in [2.05, 4.69) is 5.32 Å². The summed E-state index contributed by atoms with van der Waals surface area (Å²) >= 11 is 0. The van der Waals surface area contributed by atoms with Crippen LogP contribution in [0.4, 0.5) is 10.1 Å². The van der Waals surface area contributed by atoms with E-state index in [0.717, 1.165) is 25.8 Å². The quantitative estimate of drug-likeness (QED) is 0.522. The standard InChI is InChI=1S/C24H33FN4O4S/c1-6-21(24(31)26-7-2)28(16-19-12-10-11-18(3)15-19)23(30)17-29(34(32,33)27(4)5)22-14-9-8-13-20(22)25/h8-15,21H,6-7,16-17H2,1-5H3,(H,26,31)/t21-/m0/s1. The molecule has 0 aliphatic carbocycles. The minimum absolute atomic E-state index is 0.100. The van der Waals surface area contributed by atoms with Gasteiger partial charge in [-0.15, -0.1) is 0 Å². The van der Waals surface area contributed by atoms with Crippen molar-refractivity contribution in [3.05, 3.63) is 65.5 Å². The molecule has 0 saturated carbocycles. The summed E-state index contributed by atoms with van der Waals surface area (Å²) in [6, 6.07) is 12.0. The number of halogens is 1. The summed E-state index contributed by atoms with van der Waals surface area (Å²) in [7, 11) is -1.59. The number of carbonyl (C=O) groups excluding carboxylic acids is 2. The average molecular weight is 493 g/mol. The van der Waals surface area contributed by atoms with Crippen molar-refractivity contribution in [1.82, 2.24) is 14.5 Å².